The number of hydrogen-bond donors (Lipinski definition) is 0. The van der Waals surface area contributed by atoms with Gasteiger partial charge in [0.05, 0.1) is 6.61 Å². The number of ether oxygens (including phenoxy) is 2. The summed E-state index contributed by atoms with van der Waals surface area (Å²) < 4.78 is 15.4. The van der Waals surface area contributed by atoms with Gasteiger partial charge < -0.3 is 13.9 Å². The molecule has 0 N–H and O–H groups in total. The molecule has 0 bridgehead atoms. The lowest BCUT2D eigenvalue weighted by Crippen LogP contribution is -2.24. The Bertz CT molecular complexity index is 465. The first-order chi connectivity index (χ1) is 8.73. The summed E-state index contributed by atoms with van der Waals surface area (Å²) in [4.78, 5) is 23.2. The third kappa shape index (κ3) is 4.77. The van der Waals surface area contributed by atoms with Gasteiger partial charge in [0.25, 0.3) is 0 Å². The molecule has 106 valence electrons. The molecule has 5 nitrogen and oxygen atoms in total. The van der Waals surface area contributed by atoms with Crippen molar-refractivity contribution in [2.75, 3.05) is 6.61 Å². The lowest BCUT2D eigenvalue weighted by molar-refractivity contribution is -0.154. The van der Waals surface area contributed by atoms with Crippen LogP contribution >= 0.6 is 0 Å². The van der Waals surface area contributed by atoms with Gasteiger partial charge in [0.2, 0.25) is 0 Å². The summed E-state index contributed by atoms with van der Waals surface area (Å²) in [6, 6.07) is 1.53. The number of aryl methyl sites for hydroxylation is 1. The van der Waals surface area contributed by atoms with E-state index in [0.29, 0.717) is 23.7 Å². The molecule has 0 spiro atoms. The second-order valence-electron chi connectivity index (χ2n) is 5.17. The zero-order chi connectivity index (χ0) is 14.6. The van der Waals surface area contributed by atoms with Crippen LogP contribution in [0.5, 0.6) is 0 Å². The highest BCUT2D eigenvalue weighted by molar-refractivity contribution is 5.90. The van der Waals surface area contributed by atoms with Crippen LogP contribution in [-0.4, -0.2) is 24.1 Å². The van der Waals surface area contributed by atoms with Crippen LogP contribution < -0.4 is 0 Å². The Morgan fingerprint density at radius 3 is 2.47 bits per heavy atom. The molecule has 0 unspecified atom stereocenters. The topological polar surface area (TPSA) is 65.7 Å². The number of rotatable bonds is 4. The minimum Gasteiger partial charge on any atom is -0.465 e. The number of carbonyl (C=O) groups is 2. The van der Waals surface area contributed by atoms with Gasteiger partial charge in [-0.15, -0.1) is 0 Å². The van der Waals surface area contributed by atoms with E-state index in [1.165, 1.54) is 6.07 Å². The number of esters is 2. The lowest BCUT2D eigenvalue weighted by Gasteiger charge is -2.18. The predicted molar refractivity (Wildman–Crippen MR) is 69.0 cm³/mol. The van der Waals surface area contributed by atoms with Crippen LogP contribution in [0.3, 0.4) is 0 Å². The molecule has 5 heteroatoms. The highest BCUT2D eigenvalue weighted by Gasteiger charge is 2.21. The van der Waals surface area contributed by atoms with Gasteiger partial charge in [0.15, 0.2) is 0 Å². The quantitative estimate of drug-likeness (QED) is 0.785. The molecule has 19 heavy (non-hydrogen) atoms. The fourth-order valence-electron chi connectivity index (χ4n) is 1.56. The van der Waals surface area contributed by atoms with E-state index in [9.17, 15) is 9.59 Å². The molecule has 0 aliphatic heterocycles. The van der Waals surface area contributed by atoms with E-state index in [1.807, 2.05) is 0 Å². The van der Waals surface area contributed by atoms with Gasteiger partial charge in [-0.1, -0.05) is 0 Å². The molecule has 0 aliphatic carbocycles. The van der Waals surface area contributed by atoms with Crippen LogP contribution in [-0.2, 0) is 20.7 Å². The van der Waals surface area contributed by atoms with E-state index in [2.05, 4.69) is 0 Å². The van der Waals surface area contributed by atoms with E-state index in [4.69, 9.17) is 13.9 Å². The van der Waals surface area contributed by atoms with Gasteiger partial charge in [-0.05, 0) is 40.7 Å². The summed E-state index contributed by atoms with van der Waals surface area (Å²) in [5.41, 5.74) is -0.191. The summed E-state index contributed by atoms with van der Waals surface area (Å²) in [6.45, 7) is 9.07. The third-order valence-electron chi connectivity index (χ3n) is 2.20. The SMILES string of the molecule is CCOC(=O)c1cc(CC(=O)OC(C)(C)C)oc1C. The predicted octanol–water partition coefficient (Wildman–Crippen LogP) is 2.65. The molecule has 0 atom stereocenters. The smallest absolute Gasteiger partial charge is 0.341 e. The Hall–Kier alpha value is -1.78. The van der Waals surface area contributed by atoms with Crippen molar-refractivity contribution in [3.63, 3.8) is 0 Å². The van der Waals surface area contributed by atoms with Crippen molar-refractivity contribution < 1.29 is 23.5 Å². The summed E-state index contributed by atoms with van der Waals surface area (Å²) in [5.74, 6) is 0.00246. The van der Waals surface area contributed by atoms with Crippen molar-refractivity contribution in [3.05, 3.63) is 23.2 Å². The standard InChI is InChI=1S/C14H20O5/c1-6-17-13(16)11-7-10(18-9(11)2)8-12(15)19-14(3,4)5/h7H,6,8H2,1-5H3. The molecule has 0 fully saturated rings. The van der Waals surface area contributed by atoms with Crippen LogP contribution in [0.25, 0.3) is 0 Å². The molecule has 0 saturated heterocycles. The molecule has 0 aromatic carbocycles. The zero-order valence-corrected chi connectivity index (χ0v) is 12.0. The van der Waals surface area contributed by atoms with Crippen molar-refractivity contribution in [1.29, 1.82) is 0 Å². The average Bonchev–Trinajstić information content (AvgIpc) is 2.56. The maximum absolute atomic E-state index is 11.6. The van der Waals surface area contributed by atoms with Crippen molar-refractivity contribution in [2.24, 2.45) is 0 Å². The minimum atomic E-state index is -0.539. The Balaban J connectivity index is 2.74. The summed E-state index contributed by atoms with van der Waals surface area (Å²) >= 11 is 0. The Kier molecular flexibility index (Phi) is 4.75. The molecule has 1 aromatic rings. The van der Waals surface area contributed by atoms with E-state index in [-0.39, 0.29) is 6.42 Å². The maximum Gasteiger partial charge on any atom is 0.341 e. The van der Waals surface area contributed by atoms with Gasteiger partial charge in [-0.25, -0.2) is 4.79 Å². The third-order valence-corrected chi connectivity index (χ3v) is 2.20. The van der Waals surface area contributed by atoms with E-state index < -0.39 is 17.5 Å². The van der Waals surface area contributed by atoms with Crippen LogP contribution in [0.15, 0.2) is 10.5 Å². The van der Waals surface area contributed by atoms with Crippen LogP contribution in [0.2, 0.25) is 0 Å². The van der Waals surface area contributed by atoms with Crippen LogP contribution in [0.1, 0.15) is 49.6 Å². The first-order valence-electron chi connectivity index (χ1n) is 6.21. The first-order valence-corrected chi connectivity index (χ1v) is 6.21. The monoisotopic (exact) mass is 268 g/mol. The Morgan fingerprint density at radius 1 is 1.32 bits per heavy atom. The van der Waals surface area contributed by atoms with Gasteiger partial charge in [0.1, 0.15) is 29.1 Å². The van der Waals surface area contributed by atoms with E-state index in [0.717, 1.165) is 0 Å². The molecule has 1 aromatic heterocycles. The molecular weight excluding hydrogens is 248 g/mol. The highest BCUT2D eigenvalue weighted by atomic mass is 16.6. The second kappa shape index (κ2) is 5.91. The molecule has 0 amide bonds. The minimum absolute atomic E-state index is 0.00247. The number of carbonyl (C=O) groups excluding carboxylic acids is 2. The maximum atomic E-state index is 11.6. The first kappa shape index (κ1) is 15.3. The van der Waals surface area contributed by atoms with Crippen molar-refractivity contribution in [2.45, 2.75) is 46.6 Å². The van der Waals surface area contributed by atoms with Crippen molar-refractivity contribution >= 4 is 11.9 Å². The van der Waals surface area contributed by atoms with Gasteiger partial charge >= 0.3 is 11.9 Å². The van der Waals surface area contributed by atoms with Gasteiger partial charge in [-0.3, -0.25) is 4.79 Å². The average molecular weight is 268 g/mol. The fourth-order valence-corrected chi connectivity index (χ4v) is 1.56. The summed E-state index contributed by atoms with van der Waals surface area (Å²) in [6.07, 6.45) is -0.00247. The molecular formula is C14H20O5. The van der Waals surface area contributed by atoms with E-state index >= 15 is 0 Å². The fraction of sp³-hybridized carbons (Fsp3) is 0.571. The second-order valence-corrected chi connectivity index (χ2v) is 5.17. The van der Waals surface area contributed by atoms with Crippen molar-refractivity contribution in [1.82, 2.24) is 0 Å². The van der Waals surface area contributed by atoms with Crippen LogP contribution in [0.4, 0.5) is 0 Å². The highest BCUT2D eigenvalue weighted by Crippen LogP contribution is 2.18. The van der Waals surface area contributed by atoms with Gasteiger partial charge in [0, 0.05) is 0 Å². The molecule has 0 aliphatic rings. The number of hydrogen-bond acceptors (Lipinski definition) is 5. The largest absolute Gasteiger partial charge is 0.465 e. The van der Waals surface area contributed by atoms with E-state index in [1.54, 1.807) is 34.6 Å². The molecule has 1 rings (SSSR count). The van der Waals surface area contributed by atoms with Crippen molar-refractivity contribution in [3.8, 4) is 0 Å². The summed E-state index contributed by atoms with van der Waals surface area (Å²) in [5, 5.41) is 0. The molecule has 0 saturated carbocycles. The molecule has 0 radical (unpaired) electrons. The Morgan fingerprint density at radius 2 is 1.95 bits per heavy atom. The lowest BCUT2D eigenvalue weighted by atomic mass is 10.2. The molecule has 1 heterocycles. The zero-order valence-electron chi connectivity index (χ0n) is 12.0. The Labute approximate surface area is 112 Å². The van der Waals surface area contributed by atoms with Gasteiger partial charge in [-0.2, -0.15) is 0 Å². The normalized spacial score (nSPS) is 11.2. The summed E-state index contributed by atoms with van der Waals surface area (Å²) in [7, 11) is 0. The number of furan rings is 1. The van der Waals surface area contributed by atoms with Crippen LogP contribution in [0, 0.1) is 6.92 Å².